The van der Waals surface area contributed by atoms with Gasteiger partial charge in [-0.05, 0) is 36.2 Å². The van der Waals surface area contributed by atoms with Gasteiger partial charge in [-0.15, -0.1) is 0 Å². The van der Waals surface area contributed by atoms with Crippen LogP contribution in [0.15, 0.2) is 67.0 Å². The van der Waals surface area contributed by atoms with E-state index < -0.39 is 0 Å². The van der Waals surface area contributed by atoms with Crippen LogP contribution in [0, 0.1) is 5.82 Å². The molecule has 28 heavy (non-hydrogen) atoms. The van der Waals surface area contributed by atoms with Gasteiger partial charge in [-0.3, -0.25) is 9.78 Å². The first-order valence-corrected chi connectivity index (χ1v) is 8.99. The highest BCUT2D eigenvalue weighted by atomic mass is 19.1. The van der Waals surface area contributed by atoms with Gasteiger partial charge in [-0.1, -0.05) is 30.3 Å². The summed E-state index contributed by atoms with van der Waals surface area (Å²) in [6.45, 7) is 0.814. The van der Waals surface area contributed by atoms with E-state index in [4.69, 9.17) is 4.74 Å². The number of nitrogens with one attached hydrogen (secondary N) is 2. The van der Waals surface area contributed by atoms with Crippen molar-refractivity contribution in [3.63, 3.8) is 0 Å². The fourth-order valence-corrected chi connectivity index (χ4v) is 2.75. The number of ether oxygens (including phenoxy) is 1. The number of aromatic nitrogens is 1. The average Bonchev–Trinajstić information content (AvgIpc) is 2.73. The van der Waals surface area contributed by atoms with E-state index in [1.165, 1.54) is 12.3 Å². The van der Waals surface area contributed by atoms with Crippen molar-refractivity contribution in [2.24, 2.45) is 0 Å². The zero-order valence-electron chi connectivity index (χ0n) is 15.6. The van der Waals surface area contributed by atoms with Gasteiger partial charge in [-0.2, -0.15) is 0 Å². The van der Waals surface area contributed by atoms with Crippen molar-refractivity contribution < 1.29 is 13.9 Å². The SMILES string of the molecule is COc1cccc(CCNC(=O)c2cncc(NCc3ccccc3F)c2)c1. The fraction of sp³-hybridized carbons (Fsp3) is 0.182. The first-order chi connectivity index (χ1) is 13.7. The largest absolute Gasteiger partial charge is 0.497 e. The number of carbonyl (C=O) groups is 1. The van der Waals surface area contributed by atoms with Crippen LogP contribution >= 0.6 is 0 Å². The van der Waals surface area contributed by atoms with E-state index >= 15 is 0 Å². The molecular formula is C22H22FN3O2. The van der Waals surface area contributed by atoms with Crippen LogP contribution in [0.25, 0.3) is 0 Å². The first kappa shape index (κ1) is 19.4. The van der Waals surface area contributed by atoms with Gasteiger partial charge >= 0.3 is 0 Å². The van der Waals surface area contributed by atoms with Gasteiger partial charge in [0, 0.05) is 31.0 Å². The van der Waals surface area contributed by atoms with E-state index in [2.05, 4.69) is 15.6 Å². The predicted molar refractivity (Wildman–Crippen MR) is 107 cm³/mol. The van der Waals surface area contributed by atoms with E-state index in [1.54, 1.807) is 37.6 Å². The topological polar surface area (TPSA) is 63.2 Å². The third-order valence-electron chi connectivity index (χ3n) is 4.27. The summed E-state index contributed by atoms with van der Waals surface area (Å²) in [4.78, 5) is 16.5. The molecule has 3 rings (SSSR count). The quantitative estimate of drug-likeness (QED) is 0.625. The maximum Gasteiger partial charge on any atom is 0.252 e. The van der Waals surface area contributed by atoms with Gasteiger partial charge < -0.3 is 15.4 Å². The van der Waals surface area contributed by atoms with Gasteiger partial charge in [-0.25, -0.2) is 4.39 Å². The number of nitrogens with zero attached hydrogens (tertiary/aromatic N) is 1. The number of carbonyl (C=O) groups excluding carboxylic acids is 1. The Bertz CT molecular complexity index is 946. The van der Waals surface area contributed by atoms with Crippen molar-refractivity contribution in [2.45, 2.75) is 13.0 Å². The van der Waals surface area contributed by atoms with Crippen LogP contribution in [0.4, 0.5) is 10.1 Å². The molecule has 1 heterocycles. The molecule has 0 bridgehead atoms. The van der Waals surface area contributed by atoms with E-state index in [1.807, 2.05) is 24.3 Å². The van der Waals surface area contributed by atoms with Crippen molar-refractivity contribution in [2.75, 3.05) is 19.0 Å². The third kappa shape index (κ3) is 5.30. The number of amides is 1. The van der Waals surface area contributed by atoms with Crippen molar-refractivity contribution >= 4 is 11.6 Å². The maximum atomic E-state index is 13.7. The Hall–Kier alpha value is -3.41. The molecule has 5 nitrogen and oxygen atoms in total. The minimum absolute atomic E-state index is 0.204. The van der Waals surface area contributed by atoms with Gasteiger partial charge in [0.15, 0.2) is 0 Å². The minimum Gasteiger partial charge on any atom is -0.497 e. The monoisotopic (exact) mass is 379 g/mol. The van der Waals surface area contributed by atoms with Crippen LogP contribution < -0.4 is 15.4 Å². The second-order valence-corrected chi connectivity index (χ2v) is 6.26. The molecule has 0 radical (unpaired) electrons. The smallest absolute Gasteiger partial charge is 0.252 e. The number of pyridine rings is 1. The van der Waals surface area contributed by atoms with Crippen molar-refractivity contribution in [1.82, 2.24) is 10.3 Å². The van der Waals surface area contributed by atoms with Crippen LogP contribution in [0.3, 0.4) is 0 Å². The second-order valence-electron chi connectivity index (χ2n) is 6.26. The maximum absolute atomic E-state index is 13.7. The number of rotatable bonds is 8. The van der Waals surface area contributed by atoms with E-state index in [-0.39, 0.29) is 11.7 Å². The number of benzene rings is 2. The number of halogens is 1. The molecule has 0 aliphatic heterocycles. The molecule has 0 aliphatic carbocycles. The summed E-state index contributed by atoms with van der Waals surface area (Å²) in [7, 11) is 1.63. The Morgan fingerprint density at radius 3 is 2.79 bits per heavy atom. The lowest BCUT2D eigenvalue weighted by atomic mass is 10.1. The lowest BCUT2D eigenvalue weighted by Gasteiger charge is -2.09. The van der Waals surface area contributed by atoms with Gasteiger partial charge in [0.25, 0.3) is 5.91 Å². The van der Waals surface area contributed by atoms with Crippen molar-refractivity contribution in [3.8, 4) is 5.75 Å². The van der Waals surface area contributed by atoms with Crippen LogP contribution in [-0.4, -0.2) is 24.5 Å². The number of methoxy groups -OCH3 is 1. The average molecular weight is 379 g/mol. The van der Waals surface area contributed by atoms with Gasteiger partial charge in [0.2, 0.25) is 0 Å². The van der Waals surface area contributed by atoms with Crippen molar-refractivity contribution in [1.29, 1.82) is 0 Å². The molecular weight excluding hydrogens is 357 g/mol. The summed E-state index contributed by atoms with van der Waals surface area (Å²) in [5.74, 6) is 0.320. The molecule has 1 aromatic heterocycles. The van der Waals surface area contributed by atoms with E-state index in [9.17, 15) is 9.18 Å². The number of hydrogen-bond acceptors (Lipinski definition) is 4. The molecule has 3 aromatic rings. The molecule has 0 saturated heterocycles. The molecule has 2 N–H and O–H groups in total. The summed E-state index contributed by atoms with van der Waals surface area (Å²) in [5, 5.41) is 5.98. The molecule has 0 atom stereocenters. The minimum atomic E-state index is -0.269. The lowest BCUT2D eigenvalue weighted by Crippen LogP contribution is -2.25. The Balaban J connectivity index is 1.54. The summed E-state index contributed by atoms with van der Waals surface area (Å²) in [6, 6.07) is 16.0. The molecule has 144 valence electrons. The van der Waals surface area contributed by atoms with Crippen molar-refractivity contribution in [3.05, 3.63) is 89.5 Å². The first-order valence-electron chi connectivity index (χ1n) is 8.99. The number of hydrogen-bond donors (Lipinski definition) is 2. The molecule has 6 heteroatoms. The molecule has 0 fully saturated rings. The predicted octanol–water partition coefficient (Wildman–Crippen LogP) is 3.81. The fourth-order valence-electron chi connectivity index (χ4n) is 2.75. The molecule has 0 aliphatic rings. The lowest BCUT2D eigenvalue weighted by molar-refractivity contribution is 0.0954. The summed E-state index contributed by atoms with van der Waals surface area (Å²) in [5.41, 5.74) is 2.74. The number of anilines is 1. The molecule has 0 spiro atoms. The Morgan fingerprint density at radius 2 is 1.96 bits per heavy atom. The highest BCUT2D eigenvalue weighted by Crippen LogP contribution is 2.14. The van der Waals surface area contributed by atoms with E-state index in [0.29, 0.717) is 36.3 Å². The second kappa shape index (κ2) is 9.50. The Kier molecular flexibility index (Phi) is 6.57. The summed E-state index contributed by atoms with van der Waals surface area (Å²) >= 11 is 0. The highest BCUT2D eigenvalue weighted by Gasteiger charge is 2.08. The Labute approximate surface area is 163 Å². The highest BCUT2D eigenvalue weighted by molar-refractivity contribution is 5.94. The van der Waals surface area contributed by atoms with Gasteiger partial charge in [0.1, 0.15) is 11.6 Å². The summed E-state index contributed by atoms with van der Waals surface area (Å²) in [6.07, 6.45) is 3.81. The standard InChI is InChI=1S/C22H22FN3O2/c1-28-20-7-4-5-16(11-20)9-10-25-22(27)18-12-19(15-24-13-18)26-14-17-6-2-3-8-21(17)23/h2-8,11-13,15,26H,9-10,14H2,1H3,(H,25,27). The molecule has 2 aromatic carbocycles. The van der Waals surface area contributed by atoms with Crippen LogP contribution in [0.2, 0.25) is 0 Å². The normalized spacial score (nSPS) is 10.4. The van der Waals surface area contributed by atoms with Gasteiger partial charge in [0.05, 0.1) is 18.4 Å². The van der Waals surface area contributed by atoms with E-state index in [0.717, 1.165) is 11.3 Å². The van der Waals surface area contributed by atoms with Crippen LogP contribution in [-0.2, 0) is 13.0 Å². The molecule has 0 saturated carbocycles. The zero-order chi connectivity index (χ0) is 19.8. The zero-order valence-corrected chi connectivity index (χ0v) is 15.6. The third-order valence-corrected chi connectivity index (χ3v) is 4.27. The summed E-state index contributed by atoms with van der Waals surface area (Å²) < 4.78 is 18.9. The molecule has 1 amide bonds. The molecule has 0 unspecified atom stereocenters. The van der Waals surface area contributed by atoms with Crippen LogP contribution in [0.1, 0.15) is 21.5 Å². The van der Waals surface area contributed by atoms with Crippen LogP contribution in [0.5, 0.6) is 5.75 Å². The Morgan fingerprint density at radius 1 is 1.11 bits per heavy atom.